The van der Waals surface area contributed by atoms with Crippen molar-refractivity contribution in [2.75, 3.05) is 6.54 Å². The smallest absolute Gasteiger partial charge is 0.140 e. The molecule has 0 saturated heterocycles. The first-order valence-corrected chi connectivity index (χ1v) is 7.59. The number of hydrogen-bond acceptors (Lipinski definition) is 4. The van der Waals surface area contributed by atoms with E-state index in [0.717, 1.165) is 35.7 Å². The van der Waals surface area contributed by atoms with Crippen LogP contribution >= 0.6 is 0 Å². The highest BCUT2D eigenvalue weighted by Gasteiger charge is 2.21. The van der Waals surface area contributed by atoms with Gasteiger partial charge in [-0.05, 0) is 56.5 Å². The van der Waals surface area contributed by atoms with Crippen molar-refractivity contribution in [1.29, 1.82) is 0 Å². The number of aryl methyl sites for hydroxylation is 3. The van der Waals surface area contributed by atoms with Crippen molar-refractivity contribution in [2.45, 2.75) is 46.3 Å². The van der Waals surface area contributed by atoms with Crippen LogP contribution in [0.2, 0.25) is 0 Å². The molecule has 112 valence electrons. The third-order valence-corrected chi connectivity index (χ3v) is 4.21. The molecule has 0 aliphatic heterocycles. The maximum atomic E-state index is 5.91. The molecule has 1 unspecified atom stereocenters. The molecule has 0 spiro atoms. The first-order valence-electron chi connectivity index (χ1n) is 7.59. The van der Waals surface area contributed by atoms with Crippen LogP contribution in [0.25, 0.3) is 0 Å². The Balaban J connectivity index is 1.71. The van der Waals surface area contributed by atoms with Crippen LogP contribution in [0.5, 0.6) is 5.75 Å². The number of fused-ring (bicyclic) bond motifs is 1. The number of nitrogens with zero attached hydrogens (tertiary/aromatic N) is 1. The summed E-state index contributed by atoms with van der Waals surface area (Å²) in [6, 6.07) is 6.93. The Bertz CT molecular complexity index is 614. The summed E-state index contributed by atoms with van der Waals surface area (Å²) >= 11 is 0. The average molecular weight is 286 g/mol. The fourth-order valence-corrected chi connectivity index (χ4v) is 3.01. The van der Waals surface area contributed by atoms with Crippen molar-refractivity contribution >= 4 is 0 Å². The molecule has 0 fully saturated rings. The minimum atomic E-state index is 0.501. The summed E-state index contributed by atoms with van der Waals surface area (Å²) in [4.78, 5) is 0. The monoisotopic (exact) mass is 286 g/mol. The van der Waals surface area contributed by atoms with Crippen molar-refractivity contribution in [3.05, 3.63) is 46.3 Å². The minimum Gasteiger partial charge on any atom is -0.489 e. The Morgan fingerprint density at radius 3 is 2.95 bits per heavy atom. The van der Waals surface area contributed by atoms with Crippen LogP contribution in [-0.4, -0.2) is 11.7 Å². The zero-order valence-corrected chi connectivity index (χ0v) is 12.9. The van der Waals surface area contributed by atoms with Gasteiger partial charge >= 0.3 is 0 Å². The Hall–Kier alpha value is -1.81. The Morgan fingerprint density at radius 1 is 1.38 bits per heavy atom. The van der Waals surface area contributed by atoms with E-state index in [-0.39, 0.29) is 0 Å². The van der Waals surface area contributed by atoms with E-state index in [9.17, 15) is 0 Å². The van der Waals surface area contributed by atoms with Gasteiger partial charge < -0.3 is 14.6 Å². The van der Waals surface area contributed by atoms with Crippen molar-refractivity contribution in [3.8, 4) is 5.75 Å². The summed E-state index contributed by atoms with van der Waals surface area (Å²) in [6.45, 7) is 7.53. The van der Waals surface area contributed by atoms with Crippen LogP contribution in [0.1, 0.15) is 47.5 Å². The summed E-state index contributed by atoms with van der Waals surface area (Å²) in [5, 5.41) is 7.48. The van der Waals surface area contributed by atoms with Crippen LogP contribution in [-0.2, 0) is 13.0 Å². The van der Waals surface area contributed by atoms with Gasteiger partial charge in [0.05, 0.1) is 11.3 Å². The van der Waals surface area contributed by atoms with Gasteiger partial charge in [0.1, 0.15) is 18.1 Å². The normalized spacial score (nSPS) is 17.0. The lowest BCUT2D eigenvalue weighted by Crippen LogP contribution is -2.18. The Labute approximate surface area is 125 Å². The lowest BCUT2D eigenvalue weighted by Gasteiger charge is -2.13. The molecule has 0 bridgehead atoms. The molecule has 4 heteroatoms. The average Bonchev–Trinajstić information content (AvgIpc) is 3.02. The van der Waals surface area contributed by atoms with Gasteiger partial charge in [0, 0.05) is 6.04 Å². The largest absolute Gasteiger partial charge is 0.489 e. The van der Waals surface area contributed by atoms with Gasteiger partial charge in [0.25, 0.3) is 0 Å². The molecule has 1 aliphatic carbocycles. The molecule has 1 aromatic heterocycles. The number of ether oxygens (including phenoxy) is 1. The van der Waals surface area contributed by atoms with E-state index in [0.29, 0.717) is 12.6 Å². The Morgan fingerprint density at radius 2 is 2.24 bits per heavy atom. The van der Waals surface area contributed by atoms with Gasteiger partial charge in [-0.2, -0.15) is 0 Å². The molecule has 4 nitrogen and oxygen atoms in total. The summed E-state index contributed by atoms with van der Waals surface area (Å²) in [6.07, 6.45) is 2.30. The summed E-state index contributed by atoms with van der Waals surface area (Å²) in [7, 11) is 0. The number of nitrogens with one attached hydrogen (secondary N) is 1. The second kappa shape index (κ2) is 5.90. The van der Waals surface area contributed by atoms with E-state index in [1.54, 1.807) is 0 Å². The molecule has 1 heterocycles. The predicted octanol–water partition coefficient (Wildman–Crippen LogP) is 3.47. The minimum absolute atomic E-state index is 0.501. The second-order valence-electron chi connectivity index (χ2n) is 5.60. The standard InChI is InChI=1S/C17H22N2O2/c1-4-18-17-8-5-13-9-14(6-7-15(13)17)20-10-16-11(2)19-21-12(16)3/h6-7,9,17-18H,4-5,8,10H2,1-3H3. The van der Waals surface area contributed by atoms with Gasteiger partial charge in [-0.15, -0.1) is 0 Å². The van der Waals surface area contributed by atoms with Crippen LogP contribution in [0.15, 0.2) is 22.7 Å². The van der Waals surface area contributed by atoms with E-state index in [1.165, 1.54) is 17.5 Å². The SMILES string of the molecule is CCNC1CCc2cc(OCc3c(C)noc3C)ccc21. The first kappa shape index (κ1) is 14.1. The molecule has 3 rings (SSSR count). The van der Waals surface area contributed by atoms with Gasteiger partial charge in [0.15, 0.2) is 0 Å². The lowest BCUT2D eigenvalue weighted by atomic mass is 10.1. The molecule has 2 aromatic rings. The highest BCUT2D eigenvalue weighted by atomic mass is 16.5. The summed E-state index contributed by atoms with van der Waals surface area (Å²) < 4.78 is 11.1. The molecule has 1 aliphatic rings. The summed E-state index contributed by atoms with van der Waals surface area (Å²) in [5.41, 5.74) is 4.76. The van der Waals surface area contributed by atoms with E-state index < -0.39 is 0 Å². The highest BCUT2D eigenvalue weighted by Crippen LogP contribution is 2.33. The Kier molecular flexibility index (Phi) is 3.97. The second-order valence-corrected chi connectivity index (χ2v) is 5.60. The maximum Gasteiger partial charge on any atom is 0.140 e. The molecular weight excluding hydrogens is 264 g/mol. The molecule has 0 radical (unpaired) electrons. The molecular formula is C17H22N2O2. The third kappa shape index (κ3) is 2.81. The first-order chi connectivity index (χ1) is 10.2. The number of benzene rings is 1. The van der Waals surface area contributed by atoms with Gasteiger partial charge in [0.2, 0.25) is 0 Å². The van der Waals surface area contributed by atoms with Crippen molar-refractivity contribution in [3.63, 3.8) is 0 Å². The van der Waals surface area contributed by atoms with Crippen LogP contribution < -0.4 is 10.1 Å². The third-order valence-electron chi connectivity index (χ3n) is 4.21. The number of aromatic nitrogens is 1. The maximum absolute atomic E-state index is 5.91. The van der Waals surface area contributed by atoms with E-state index in [2.05, 4.69) is 35.6 Å². The lowest BCUT2D eigenvalue weighted by molar-refractivity contribution is 0.301. The van der Waals surface area contributed by atoms with Crippen LogP contribution in [0.3, 0.4) is 0 Å². The van der Waals surface area contributed by atoms with E-state index >= 15 is 0 Å². The van der Waals surface area contributed by atoms with Crippen molar-refractivity contribution < 1.29 is 9.26 Å². The van der Waals surface area contributed by atoms with E-state index in [4.69, 9.17) is 9.26 Å². The van der Waals surface area contributed by atoms with E-state index in [1.807, 2.05) is 13.8 Å². The van der Waals surface area contributed by atoms with Gasteiger partial charge in [-0.3, -0.25) is 0 Å². The number of hydrogen-bond donors (Lipinski definition) is 1. The van der Waals surface area contributed by atoms with Crippen LogP contribution in [0.4, 0.5) is 0 Å². The highest BCUT2D eigenvalue weighted by molar-refractivity contribution is 5.40. The zero-order valence-electron chi connectivity index (χ0n) is 12.9. The topological polar surface area (TPSA) is 47.3 Å². The fraction of sp³-hybridized carbons (Fsp3) is 0.471. The fourth-order valence-electron chi connectivity index (χ4n) is 3.01. The van der Waals surface area contributed by atoms with Gasteiger partial charge in [-0.25, -0.2) is 0 Å². The summed E-state index contributed by atoms with van der Waals surface area (Å²) in [5.74, 6) is 1.76. The molecule has 1 atom stereocenters. The molecule has 21 heavy (non-hydrogen) atoms. The quantitative estimate of drug-likeness (QED) is 0.914. The van der Waals surface area contributed by atoms with Crippen molar-refractivity contribution in [1.82, 2.24) is 10.5 Å². The molecule has 0 saturated carbocycles. The molecule has 1 N–H and O–H groups in total. The zero-order chi connectivity index (χ0) is 14.8. The molecule has 1 aromatic carbocycles. The number of rotatable bonds is 5. The van der Waals surface area contributed by atoms with Crippen LogP contribution in [0, 0.1) is 13.8 Å². The van der Waals surface area contributed by atoms with Gasteiger partial charge in [-0.1, -0.05) is 18.1 Å². The van der Waals surface area contributed by atoms with Crippen molar-refractivity contribution in [2.24, 2.45) is 0 Å². The predicted molar refractivity (Wildman–Crippen MR) is 81.5 cm³/mol. The molecule has 0 amide bonds.